The topological polar surface area (TPSA) is 41.6 Å². The number of hydrogen-bond acceptors (Lipinski definition) is 2. The van der Waals surface area contributed by atoms with Crippen LogP contribution in [-0.4, -0.2) is 15.2 Å². The summed E-state index contributed by atoms with van der Waals surface area (Å²) in [6, 6.07) is 1.93. The molecule has 1 aliphatic rings. The Kier molecular flexibility index (Phi) is 1.75. The molecule has 0 bridgehead atoms. The molecule has 0 atom stereocenters. The molecule has 2 aromatic heterocycles. The summed E-state index contributed by atoms with van der Waals surface area (Å²) in [6.45, 7) is 0. The largest absolute Gasteiger partial charge is 0.353 e. The molecular weight excluding hydrogens is 186 g/mol. The molecule has 0 fully saturated rings. The molecule has 3 heteroatoms. The summed E-state index contributed by atoms with van der Waals surface area (Å²) >= 11 is 0. The molecule has 0 radical (unpaired) electrons. The van der Waals surface area contributed by atoms with Gasteiger partial charge in [0, 0.05) is 10.6 Å². The number of nitrogens with one attached hydrogen (secondary N) is 1. The quantitative estimate of drug-likeness (QED) is 0.670. The third-order valence-electron chi connectivity index (χ3n) is 2.39. The number of H-pyrrole nitrogens is 1. The second-order valence-corrected chi connectivity index (χ2v) is 3.35. The van der Waals surface area contributed by atoms with Crippen LogP contribution in [0.3, 0.4) is 0 Å². The van der Waals surface area contributed by atoms with Gasteiger partial charge < -0.3 is 4.98 Å². The monoisotopic (exact) mass is 195 g/mol. The number of nitrogens with zero attached hydrogens (tertiary/aromatic N) is 2. The van der Waals surface area contributed by atoms with Gasteiger partial charge in [-0.05, 0) is 12.1 Å². The predicted molar refractivity (Wildman–Crippen MR) is 60.3 cm³/mol. The van der Waals surface area contributed by atoms with Crippen molar-refractivity contribution in [2.75, 3.05) is 0 Å². The van der Waals surface area contributed by atoms with E-state index in [-0.39, 0.29) is 0 Å². The molecule has 1 aliphatic carbocycles. The van der Waals surface area contributed by atoms with E-state index in [1.807, 2.05) is 42.5 Å². The Morgan fingerprint density at radius 2 is 1.87 bits per heavy atom. The van der Waals surface area contributed by atoms with Crippen molar-refractivity contribution in [3.05, 3.63) is 47.1 Å². The molecule has 2 heterocycles. The predicted octanol–water partition coefficient (Wildman–Crippen LogP) is 0.645. The van der Waals surface area contributed by atoms with Crippen LogP contribution in [0.4, 0.5) is 0 Å². The minimum absolute atomic E-state index is 0.920. The zero-order valence-electron chi connectivity index (χ0n) is 8.01. The Labute approximate surface area is 86.2 Å². The highest BCUT2D eigenvalue weighted by Gasteiger charge is 2.00. The number of aromatic nitrogens is 3. The first-order valence-electron chi connectivity index (χ1n) is 4.80. The van der Waals surface area contributed by atoms with E-state index in [1.165, 1.54) is 0 Å². The Balaban J connectivity index is 2.56. The van der Waals surface area contributed by atoms with Crippen molar-refractivity contribution in [3.63, 3.8) is 0 Å². The van der Waals surface area contributed by atoms with Crippen LogP contribution in [-0.2, 0) is 0 Å². The second kappa shape index (κ2) is 3.20. The minimum atomic E-state index is 0.920. The fourth-order valence-electron chi connectivity index (χ4n) is 1.70. The van der Waals surface area contributed by atoms with Crippen molar-refractivity contribution in [2.24, 2.45) is 0 Å². The lowest BCUT2D eigenvalue weighted by Gasteiger charge is -1.84. The van der Waals surface area contributed by atoms with E-state index in [1.54, 1.807) is 6.20 Å². The Hall–Kier alpha value is -2.16. The molecule has 0 unspecified atom stereocenters. The summed E-state index contributed by atoms with van der Waals surface area (Å²) < 4.78 is 0. The molecule has 0 aliphatic heterocycles. The summed E-state index contributed by atoms with van der Waals surface area (Å²) in [5.41, 5.74) is 1.94. The molecule has 3 rings (SSSR count). The second-order valence-electron chi connectivity index (χ2n) is 3.35. The first-order valence-corrected chi connectivity index (χ1v) is 4.80. The number of aromatic amines is 1. The third-order valence-corrected chi connectivity index (χ3v) is 2.39. The molecule has 1 N–H and O–H groups in total. The number of fused-ring (bicyclic) bond motifs is 3. The summed E-state index contributed by atoms with van der Waals surface area (Å²) in [4.78, 5) is 3.31. The van der Waals surface area contributed by atoms with Crippen LogP contribution in [0.15, 0.2) is 36.6 Å². The Morgan fingerprint density at radius 1 is 1.00 bits per heavy atom. The van der Waals surface area contributed by atoms with Gasteiger partial charge in [0.05, 0.1) is 11.7 Å². The Bertz CT molecular complexity index is 674. The SMILES string of the molecule is C1=CC=c2[nH]c3ccnnc3c2=CC=C1. The summed E-state index contributed by atoms with van der Waals surface area (Å²) in [5, 5.41) is 10.2. The maximum atomic E-state index is 4.14. The highest BCUT2D eigenvalue weighted by Crippen LogP contribution is 1.98. The highest BCUT2D eigenvalue weighted by atomic mass is 15.1. The van der Waals surface area contributed by atoms with Crippen molar-refractivity contribution in [1.29, 1.82) is 0 Å². The van der Waals surface area contributed by atoms with Crippen molar-refractivity contribution in [3.8, 4) is 0 Å². The lowest BCUT2D eigenvalue weighted by molar-refractivity contribution is 1.07. The third kappa shape index (κ3) is 1.29. The van der Waals surface area contributed by atoms with Crippen LogP contribution in [0.2, 0.25) is 0 Å². The summed E-state index contributed by atoms with van der Waals surface area (Å²) in [5.74, 6) is 0. The van der Waals surface area contributed by atoms with Gasteiger partial charge in [0.25, 0.3) is 0 Å². The molecule has 2 aromatic rings. The van der Waals surface area contributed by atoms with E-state index >= 15 is 0 Å². The lowest BCUT2D eigenvalue weighted by Crippen LogP contribution is -2.22. The van der Waals surface area contributed by atoms with Gasteiger partial charge in [0.15, 0.2) is 0 Å². The average Bonchev–Trinajstić information content (AvgIpc) is 2.55. The van der Waals surface area contributed by atoms with Gasteiger partial charge in [-0.25, -0.2) is 0 Å². The lowest BCUT2D eigenvalue weighted by atomic mass is 10.2. The molecule has 3 nitrogen and oxygen atoms in total. The number of hydrogen-bond donors (Lipinski definition) is 1. The zero-order chi connectivity index (χ0) is 10.1. The van der Waals surface area contributed by atoms with Crippen molar-refractivity contribution < 1.29 is 0 Å². The number of allylic oxidation sites excluding steroid dienone is 4. The molecule has 0 saturated carbocycles. The minimum Gasteiger partial charge on any atom is -0.353 e. The number of rotatable bonds is 0. The highest BCUT2D eigenvalue weighted by molar-refractivity contribution is 5.77. The zero-order valence-corrected chi connectivity index (χ0v) is 8.01. The first kappa shape index (κ1) is 8.17. The van der Waals surface area contributed by atoms with E-state index in [0.29, 0.717) is 0 Å². The maximum Gasteiger partial charge on any atom is 0.118 e. The van der Waals surface area contributed by atoms with Gasteiger partial charge in [-0.2, -0.15) is 5.10 Å². The van der Waals surface area contributed by atoms with Crippen molar-refractivity contribution in [2.45, 2.75) is 0 Å². The summed E-state index contributed by atoms with van der Waals surface area (Å²) in [7, 11) is 0. The van der Waals surface area contributed by atoms with Gasteiger partial charge in [0.2, 0.25) is 0 Å². The molecule has 0 spiro atoms. The molecule has 72 valence electrons. The van der Waals surface area contributed by atoms with Gasteiger partial charge in [-0.15, -0.1) is 5.10 Å². The average molecular weight is 195 g/mol. The van der Waals surface area contributed by atoms with Gasteiger partial charge in [-0.1, -0.05) is 30.4 Å². The van der Waals surface area contributed by atoms with Crippen LogP contribution in [0.1, 0.15) is 0 Å². The van der Waals surface area contributed by atoms with Gasteiger partial charge >= 0.3 is 0 Å². The van der Waals surface area contributed by atoms with Crippen LogP contribution in [0.5, 0.6) is 0 Å². The normalized spacial score (nSPS) is 13.9. The van der Waals surface area contributed by atoms with E-state index in [2.05, 4.69) is 15.2 Å². The Morgan fingerprint density at radius 3 is 2.80 bits per heavy atom. The van der Waals surface area contributed by atoms with E-state index in [4.69, 9.17) is 0 Å². The van der Waals surface area contributed by atoms with Crippen molar-refractivity contribution >= 4 is 23.2 Å². The summed E-state index contributed by atoms with van der Waals surface area (Å²) in [6.07, 6.45) is 13.8. The molecule has 0 amide bonds. The van der Waals surface area contributed by atoms with Crippen LogP contribution < -0.4 is 10.6 Å². The molecule has 0 saturated heterocycles. The maximum absolute atomic E-state index is 4.14. The van der Waals surface area contributed by atoms with Crippen LogP contribution >= 0.6 is 0 Å². The smallest absolute Gasteiger partial charge is 0.118 e. The standard InChI is InChI=1S/C12H9N3/c1-2-4-6-10-9(5-3-1)12-11(14-10)7-8-13-15-12/h1-8,14H. The van der Waals surface area contributed by atoms with Gasteiger partial charge in [0.1, 0.15) is 5.52 Å². The fourth-order valence-corrected chi connectivity index (χ4v) is 1.70. The van der Waals surface area contributed by atoms with Crippen LogP contribution in [0, 0.1) is 0 Å². The van der Waals surface area contributed by atoms with E-state index < -0.39 is 0 Å². The van der Waals surface area contributed by atoms with E-state index in [9.17, 15) is 0 Å². The van der Waals surface area contributed by atoms with E-state index in [0.717, 1.165) is 21.6 Å². The molecule has 0 aromatic carbocycles. The first-order chi connectivity index (χ1) is 7.45. The molecule has 15 heavy (non-hydrogen) atoms. The van der Waals surface area contributed by atoms with Gasteiger partial charge in [-0.3, -0.25) is 0 Å². The fraction of sp³-hybridized carbons (Fsp3) is 0. The van der Waals surface area contributed by atoms with Crippen LogP contribution in [0.25, 0.3) is 23.2 Å². The molecular formula is C12H9N3. The van der Waals surface area contributed by atoms with Crippen molar-refractivity contribution in [1.82, 2.24) is 15.2 Å².